The number of carbonyl (C=O) groups is 1. The highest BCUT2D eigenvalue weighted by Crippen LogP contribution is 2.31. The van der Waals surface area contributed by atoms with Gasteiger partial charge in [0.25, 0.3) is 0 Å². The van der Waals surface area contributed by atoms with Crippen LogP contribution in [0.1, 0.15) is 56.6 Å². The molecule has 0 radical (unpaired) electrons. The highest BCUT2D eigenvalue weighted by atomic mass is 35.5. The Kier molecular flexibility index (Phi) is 12.2. The molecule has 2 heterocycles. The number of aliphatic hydroxyl groups excluding tert-OH is 3. The fraction of sp³-hybridized carbons (Fsp3) is 0.741. The van der Waals surface area contributed by atoms with Crippen molar-refractivity contribution in [1.82, 2.24) is 10.6 Å². The molecule has 12 heteroatoms. The van der Waals surface area contributed by atoms with E-state index >= 15 is 0 Å². The zero-order chi connectivity index (χ0) is 28.7. The minimum atomic E-state index is -4.34. The van der Waals surface area contributed by atoms with Crippen LogP contribution in [0.25, 0.3) is 0 Å². The van der Waals surface area contributed by atoms with E-state index in [0.717, 1.165) is 38.2 Å². The zero-order valence-corrected chi connectivity index (χ0v) is 23.8. The summed E-state index contributed by atoms with van der Waals surface area (Å²) in [5.41, 5.74) is -0.703. The molecule has 2 aliphatic heterocycles. The van der Waals surface area contributed by atoms with Crippen LogP contribution in [0.5, 0.6) is 0 Å². The fourth-order valence-electron chi connectivity index (χ4n) is 5.38. The number of halogens is 4. The molecule has 1 aromatic rings. The molecule has 3 unspecified atom stereocenters. The van der Waals surface area contributed by atoms with Gasteiger partial charge in [0.05, 0.1) is 23.0 Å². The molecule has 0 spiro atoms. The number of benzene rings is 1. The third kappa shape index (κ3) is 8.95. The third-order valence-corrected chi connectivity index (χ3v) is 8.83. The van der Waals surface area contributed by atoms with Crippen molar-refractivity contribution in [2.75, 3.05) is 12.8 Å². The van der Waals surface area contributed by atoms with Gasteiger partial charge in [0.1, 0.15) is 29.9 Å². The van der Waals surface area contributed by atoms with Crippen LogP contribution in [0.15, 0.2) is 24.3 Å². The summed E-state index contributed by atoms with van der Waals surface area (Å²) < 4.78 is 44.6. The number of amides is 1. The van der Waals surface area contributed by atoms with Gasteiger partial charge in [-0.05, 0) is 69.4 Å². The van der Waals surface area contributed by atoms with Gasteiger partial charge in [0.15, 0.2) is 0 Å². The highest BCUT2D eigenvalue weighted by molar-refractivity contribution is 7.99. The highest BCUT2D eigenvalue weighted by Gasteiger charge is 2.48. The quantitative estimate of drug-likeness (QED) is 0.208. The lowest BCUT2D eigenvalue weighted by Gasteiger charge is -2.44. The molecular weight excluding hydrogens is 557 g/mol. The molecule has 222 valence electrons. The first kappa shape index (κ1) is 32.4. The molecule has 7 nitrogen and oxygen atoms in total. The van der Waals surface area contributed by atoms with Crippen molar-refractivity contribution >= 4 is 29.3 Å². The molecule has 2 saturated heterocycles. The summed E-state index contributed by atoms with van der Waals surface area (Å²) in [6.07, 6.45) is -2.17. The van der Waals surface area contributed by atoms with Crippen molar-refractivity contribution in [2.24, 2.45) is 5.92 Å². The van der Waals surface area contributed by atoms with Crippen LogP contribution >= 0.6 is 23.4 Å². The first-order valence-corrected chi connectivity index (χ1v) is 15.2. The van der Waals surface area contributed by atoms with Crippen molar-refractivity contribution in [3.63, 3.8) is 0 Å². The number of ether oxygens (including phenoxy) is 1. The topological polar surface area (TPSA) is 111 Å². The second kappa shape index (κ2) is 14.7. The number of thioether (sulfide) groups is 1. The summed E-state index contributed by atoms with van der Waals surface area (Å²) in [5.74, 6) is 0.136. The van der Waals surface area contributed by atoms with Crippen LogP contribution in [-0.2, 0) is 22.1 Å². The number of hydrogen-bond donors (Lipinski definition) is 5. The van der Waals surface area contributed by atoms with Crippen LogP contribution in [-0.4, -0.2) is 81.3 Å². The minimum Gasteiger partial charge on any atom is -0.388 e. The van der Waals surface area contributed by atoms with Crippen LogP contribution in [0, 0.1) is 5.92 Å². The van der Waals surface area contributed by atoms with Gasteiger partial charge in [0.2, 0.25) is 5.91 Å². The molecule has 0 bridgehead atoms. The van der Waals surface area contributed by atoms with Crippen LogP contribution in [0.3, 0.4) is 0 Å². The van der Waals surface area contributed by atoms with Crippen molar-refractivity contribution in [2.45, 2.75) is 105 Å². The zero-order valence-electron chi connectivity index (χ0n) is 22.2. The maximum atomic E-state index is 13.2. The second-order valence-electron chi connectivity index (χ2n) is 10.6. The van der Waals surface area contributed by atoms with E-state index in [9.17, 15) is 33.3 Å². The van der Waals surface area contributed by atoms with Crippen molar-refractivity contribution in [3.05, 3.63) is 35.4 Å². The Morgan fingerprint density at radius 3 is 2.59 bits per heavy atom. The van der Waals surface area contributed by atoms with Gasteiger partial charge in [0, 0.05) is 0 Å². The van der Waals surface area contributed by atoms with Gasteiger partial charge in [-0.1, -0.05) is 31.0 Å². The summed E-state index contributed by atoms with van der Waals surface area (Å²) >= 11 is 7.56. The van der Waals surface area contributed by atoms with E-state index in [4.69, 9.17) is 16.3 Å². The van der Waals surface area contributed by atoms with Crippen molar-refractivity contribution in [3.8, 4) is 0 Å². The summed E-state index contributed by atoms with van der Waals surface area (Å²) in [5, 5.41) is 36.5. The largest absolute Gasteiger partial charge is 0.416 e. The van der Waals surface area contributed by atoms with Gasteiger partial charge in [-0.2, -0.15) is 13.2 Å². The van der Waals surface area contributed by atoms with E-state index in [1.54, 1.807) is 19.2 Å². The lowest BCUT2D eigenvalue weighted by atomic mass is 9.91. The number of carbonyl (C=O) groups excluding carboxylic acids is 1. The first-order chi connectivity index (χ1) is 18.4. The van der Waals surface area contributed by atoms with Gasteiger partial charge in [-0.3, -0.25) is 4.79 Å². The summed E-state index contributed by atoms with van der Waals surface area (Å²) in [7, 11) is 0. The van der Waals surface area contributed by atoms with E-state index in [-0.39, 0.29) is 5.91 Å². The average Bonchev–Trinajstić information content (AvgIpc) is 3.14. The predicted molar refractivity (Wildman–Crippen MR) is 146 cm³/mol. The first-order valence-electron chi connectivity index (χ1n) is 13.5. The molecule has 2 aliphatic rings. The molecule has 9 atom stereocenters. The molecule has 39 heavy (non-hydrogen) atoms. The standard InChI is InChI=1S/C27H40ClF3N2O5S/c1-15(28)20(24-22(35)21(34)23(36)26(38-24)39-2)33-25(37)19-11-10-16(12-13-32-19)6-3-4-7-17-8-5-9-18(14-17)27(29,30)31/h5,8-9,14-16,19-24,26,32,34-36H,3-4,6-7,10-13H2,1-2H3,(H,33,37)/t15-,16-,19-,20?,21?,22-,23+,24+,26?/m0/s1. The van der Waals surface area contributed by atoms with Crippen LogP contribution in [0.2, 0.25) is 0 Å². The average molecular weight is 597 g/mol. The molecule has 5 N–H and O–H groups in total. The molecule has 0 aromatic heterocycles. The lowest BCUT2D eigenvalue weighted by molar-refractivity contribution is -0.205. The Bertz CT molecular complexity index is 926. The Labute approximate surface area is 237 Å². The Morgan fingerprint density at radius 1 is 1.18 bits per heavy atom. The number of alkyl halides is 4. The Morgan fingerprint density at radius 2 is 1.92 bits per heavy atom. The molecule has 1 amide bonds. The number of nitrogens with one attached hydrogen (secondary N) is 2. The predicted octanol–water partition coefficient (Wildman–Crippen LogP) is 3.46. The van der Waals surface area contributed by atoms with E-state index in [1.165, 1.54) is 23.9 Å². The van der Waals surface area contributed by atoms with Gasteiger partial charge in [-0.15, -0.1) is 23.4 Å². The van der Waals surface area contributed by atoms with Crippen LogP contribution in [0.4, 0.5) is 13.2 Å². The Balaban J connectivity index is 1.48. The second-order valence-corrected chi connectivity index (χ2v) is 12.2. The number of unbranched alkanes of at least 4 members (excludes halogenated alkanes) is 1. The minimum absolute atomic E-state index is 0.269. The molecule has 2 fully saturated rings. The molecule has 0 aliphatic carbocycles. The van der Waals surface area contributed by atoms with Crippen molar-refractivity contribution in [1.29, 1.82) is 0 Å². The van der Waals surface area contributed by atoms with Gasteiger partial charge < -0.3 is 30.7 Å². The normalized spacial score (nSPS) is 31.8. The number of aryl methyl sites for hydroxylation is 1. The SMILES string of the molecule is CSC1O[C@H](C(NC(=O)[C@@H]2CC[C@H](CCCCc3cccc(C(F)(F)F)c3)CCN2)[C@H](C)Cl)[C@@H](O)C(O)[C@H]1O. The molecular formula is C27H40ClF3N2O5S. The number of hydrogen-bond acceptors (Lipinski definition) is 7. The maximum absolute atomic E-state index is 13.2. The lowest BCUT2D eigenvalue weighted by Crippen LogP contribution is -2.65. The van der Waals surface area contributed by atoms with Crippen molar-refractivity contribution < 1.29 is 38.0 Å². The Hall–Kier alpha value is -1.08. The number of rotatable bonds is 10. The van der Waals surface area contributed by atoms with Crippen LogP contribution < -0.4 is 10.6 Å². The summed E-state index contributed by atoms with van der Waals surface area (Å²) in [6.45, 7) is 2.32. The number of aliphatic hydroxyl groups is 3. The van der Waals surface area contributed by atoms with E-state index < -0.39 is 59.1 Å². The van der Waals surface area contributed by atoms with E-state index in [2.05, 4.69) is 10.6 Å². The maximum Gasteiger partial charge on any atom is 0.416 e. The van der Waals surface area contributed by atoms with E-state index in [0.29, 0.717) is 30.9 Å². The molecule has 3 rings (SSSR count). The summed E-state index contributed by atoms with van der Waals surface area (Å²) in [6, 6.07) is 4.24. The third-order valence-electron chi connectivity index (χ3n) is 7.70. The molecule has 1 aromatic carbocycles. The summed E-state index contributed by atoms with van der Waals surface area (Å²) in [4.78, 5) is 13.2. The fourth-order valence-corrected chi connectivity index (χ4v) is 6.26. The molecule has 0 saturated carbocycles. The smallest absolute Gasteiger partial charge is 0.388 e. The van der Waals surface area contributed by atoms with Gasteiger partial charge in [-0.25, -0.2) is 0 Å². The van der Waals surface area contributed by atoms with E-state index in [1.807, 2.05) is 0 Å². The van der Waals surface area contributed by atoms with Gasteiger partial charge >= 0.3 is 6.18 Å². The monoisotopic (exact) mass is 596 g/mol.